The van der Waals surface area contributed by atoms with Crippen molar-refractivity contribution in [1.29, 1.82) is 0 Å². The van der Waals surface area contributed by atoms with Crippen molar-refractivity contribution in [3.8, 4) is 0 Å². The molecule has 0 saturated heterocycles. The molecule has 1 atom stereocenters. The Morgan fingerprint density at radius 3 is 2.58 bits per heavy atom. The van der Waals surface area contributed by atoms with Crippen LogP contribution in [0, 0.1) is 6.92 Å². The third-order valence-corrected chi connectivity index (χ3v) is 3.87. The molecular weight excluding hydrogens is 254 g/mol. The number of hydrogen-bond acceptors (Lipinski definition) is 0. The molecule has 1 heterocycles. The fourth-order valence-corrected chi connectivity index (χ4v) is 2.91. The number of H-pyrrole nitrogens is 1. The Balaban J connectivity index is 2.17. The summed E-state index contributed by atoms with van der Waals surface area (Å²) in [6.45, 7) is 4.10. The number of nitrogens with one attached hydrogen (secondary N) is 1. The summed E-state index contributed by atoms with van der Waals surface area (Å²) >= 11 is 6.35. The molecular formula is C17H15ClN. The minimum atomic E-state index is 0.273. The Labute approximate surface area is 118 Å². The fourth-order valence-electron chi connectivity index (χ4n) is 2.63. The molecule has 1 radical (unpaired) electrons. The first-order valence-corrected chi connectivity index (χ1v) is 6.78. The zero-order chi connectivity index (χ0) is 13.2. The van der Waals surface area contributed by atoms with E-state index in [1.807, 2.05) is 18.2 Å². The van der Waals surface area contributed by atoms with Crippen molar-refractivity contribution >= 4 is 22.5 Å². The molecule has 1 nitrogen and oxygen atoms in total. The lowest BCUT2D eigenvalue weighted by atomic mass is 9.89. The zero-order valence-electron chi connectivity index (χ0n) is 10.6. The lowest BCUT2D eigenvalue weighted by Crippen LogP contribution is -1.98. The largest absolute Gasteiger partial charge is 0.361 e. The van der Waals surface area contributed by atoms with Crippen LogP contribution in [0.2, 0.25) is 5.02 Å². The van der Waals surface area contributed by atoms with Crippen LogP contribution in [0.1, 0.15) is 23.5 Å². The van der Waals surface area contributed by atoms with Gasteiger partial charge in [0.05, 0.1) is 5.02 Å². The minimum Gasteiger partial charge on any atom is -0.361 e. The van der Waals surface area contributed by atoms with Crippen molar-refractivity contribution < 1.29 is 0 Å². The Morgan fingerprint density at radius 1 is 1.05 bits per heavy atom. The number of aromatic amines is 1. The normalized spacial score (nSPS) is 12.7. The van der Waals surface area contributed by atoms with Gasteiger partial charge in [-0.15, -0.1) is 0 Å². The molecule has 95 valence electrons. The standard InChI is InChI=1S/C17H15ClN/c1-2-13(12-7-4-3-5-8-12)14-11-19-16-10-6-9-15(18)17(14)16/h3-11,13,19H,1-2H2/t13-/m0/s1. The molecule has 0 aliphatic carbocycles. The van der Waals surface area contributed by atoms with E-state index in [0.29, 0.717) is 0 Å². The smallest absolute Gasteiger partial charge is 0.0502 e. The molecule has 0 amide bonds. The molecule has 0 saturated carbocycles. The molecule has 0 aliphatic heterocycles. The predicted molar refractivity (Wildman–Crippen MR) is 81.6 cm³/mol. The molecule has 1 N–H and O–H groups in total. The molecule has 0 bridgehead atoms. The first-order valence-electron chi connectivity index (χ1n) is 6.41. The van der Waals surface area contributed by atoms with Crippen molar-refractivity contribution in [1.82, 2.24) is 4.98 Å². The van der Waals surface area contributed by atoms with E-state index in [9.17, 15) is 0 Å². The summed E-state index contributed by atoms with van der Waals surface area (Å²) in [6, 6.07) is 16.4. The molecule has 0 aliphatic rings. The van der Waals surface area contributed by atoms with Crippen LogP contribution in [-0.4, -0.2) is 4.98 Å². The van der Waals surface area contributed by atoms with Gasteiger partial charge < -0.3 is 4.98 Å². The molecule has 2 aromatic carbocycles. The van der Waals surface area contributed by atoms with Gasteiger partial charge in [0.15, 0.2) is 0 Å². The van der Waals surface area contributed by atoms with E-state index in [0.717, 1.165) is 22.3 Å². The summed E-state index contributed by atoms with van der Waals surface area (Å²) < 4.78 is 0. The highest BCUT2D eigenvalue weighted by Gasteiger charge is 2.17. The van der Waals surface area contributed by atoms with Crippen molar-refractivity contribution in [2.75, 3.05) is 0 Å². The Morgan fingerprint density at radius 2 is 1.84 bits per heavy atom. The van der Waals surface area contributed by atoms with Gasteiger partial charge in [-0.2, -0.15) is 0 Å². The highest BCUT2D eigenvalue weighted by molar-refractivity contribution is 6.35. The van der Waals surface area contributed by atoms with E-state index in [2.05, 4.69) is 48.4 Å². The summed E-state index contributed by atoms with van der Waals surface area (Å²) in [5.41, 5.74) is 3.58. The number of halogens is 1. The number of rotatable bonds is 3. The van der Waals surface area contributed by atoms with E-state index in [4.69, 9.17) is 11.6 Å². The summed E-state index contributed by atoms with van der Waals surface area (Å²) in [4.78, 5) is 3.30. The molecule has 3 rings (SSSR count). The number of fused-ring (bicyclic) bond motifs is 1. The quantitative estimate of drug-likeness (QED) is 0.674. The summed E-state index contributed by atoms with van der Waals surface area (Å²) in [7, 11) is 0. The Bertz CT molecular complexity index is 685. The first-order chi connectivity index (χ1) is 9.31. The molecule has 2 heteroatoms. The number of benzene rings is 2. The van der Waals surface area contributed by atoms with Crippen LogP contribution in [0.15, 0.2) is 54.7 Å². The SMILES string of the molecule is [CH2]C[C@@H](c1ccccc1)c1c[nH]c2cccc(Cl)c12. The van der Waals surface area contributed by atoms with Crippen LogP contribution in [0.5, 0.6) is 0 Å². The van der Waals surface area contributed by atoms with Crippen LogP contribution in [0.4, 0.5) is 0 Å². The van der Waals surface area contributed by atoms with E-state index < -0.39 is 0 Å². The third-order valence-electron chi connectivity index (χ3n) is 3.55. The van der Waals surface area contributed by atoms with Gasteiger partial charge in [-0.05, 0) is 29.7 Å². The van der Waals surface area contributed by atoms with Crippen LogP contribution < -0.4 is 0 Å². The molecule has 0 spiro atoms. The van der Waals surface area contributed by atoms with Gasteiger partial charge in [-0.3, -0.25) is 0 Å². The van der Waals surface area contributed by atoms with E-state index in [1.54, 1.807) is 0 Å². The van der Waals surface area contributed by atoms with Gasteiger partial charge in [0.2, 0.25) is 0 Å². The van der Waals surface area contributed by atoms with Gasteiger partial charge >= 0.3 is 0 Å². The molecule has 19 heavy (non-hydrogen) atoms. The summed E-state index contributed by atoms with van der Waals surface area (Å²) in [6.07, 6.45) is 2.86. The summed E-state index contributed by atoms with van der Waals surface area (Å²) in [5.74, 6) is 0.273. The van der Waals surface area contributed by atoms with E-state index in [1.165, 1.54) is 11.1 Å². The zero-order valence-corrected chi connectivity index (χ0v) is 11.3. The van der Waals surface area contributed by atoms with Crippen molar-refractivity contribution in [2.45, 2.75) is 12.3 Å². The predicted octanol–water partition coefficient (Wildman–Crippen LogP) is 5.18. The highest BCUT2D eigenvalue weighted by atomic mass is 35.5. The maximum Gasteiger partial charge on any atom is 0.0502 e. The average Bonchev–Trinajstić information content (AvgIpc) is 2.86. The van der Waals surface area contributed by atoms with Crippen LogP contribution in [-0.2, 0) is 0 Å². The van der Waals surface area contributed by atoms with Gasteiger partial charge in [0, 0.05) is 23.0 Å². The monoisotopic (exact) mass is 268 g/mol. The second-order valence-electron chi connectivity index (χ2n) is 4.66. The first kappa shape index (κ1) is 12.3. The third kappa shape index (κ3) is 2.15. The summed E-state index contributed by atoms with van der Waals surface area (Å²) in [5, 5.41) is 1.91. The lowest BCUT2D eigenvalue weighted by Gasteiger charge is -2.15. The lowest BCUT2D eigenvalue weighted by molar-refractivity contribution is 0.834. The van der Waals surface area contributed by atoms with Gasteiger partial charge in [0.25, 0.3) is 0 Å². The van der Waals surface area contributed by atoms with Gasteiger partial charge in [-0.1, -0.05) is 54.9 Å². The second-order valence-corrected chi connectivity index (χ2v) is 5.07. The van der Waals surface area contributed by atoms with Crippen molar-refractivity contribution in [3.05, 3.63) is 77.8 Å². The van der Waals surface area contributed by atoms with Gasteiger partial charge in [-0.25, -0.2) is 0 Å². The molecule has 0 unspecified atom stereocenters. The van der Waals surface area contributed by atoms with Crippen molar-refractivity contribution in [3.63, 3.8) is 0 Å². The molecule has 0 fully saturated rings. The van der Waals surface area contributed by atoms with Crippen LogP contribution in [0.3, 0.4) is 0 Å². The average molecular weight is 269 g/mol. The van der Waals surface area contributed by atoms with Crippen LogP contribution in [0.25, 0.3) is 10.9 Å². The highest BCUT2D eigenvalue weighted by Crippen LogP contribution is 2.36. The van der Waals surface area contributed by atoms with E-state index >= 15 is 0 Å². The minimum absolute atomic E-state index is 0.273. The molecule has 1 aromatic heterocycles. The fraction of sp³-hybridized carbons (Fsp3) is 0.118. The number of hydrogen-bond donors (Lipinski definition) is 1. The van der Waals surface area contributed by atoms with Gasteiger partial charge in [0.1, 0.15) is 0 Å². The topological polar surface area (TPSA) is 15.8 Å². The Kier molecular flexibility index (Phi) is 3.31. The van der Waals surface area contributed by atoms with Crippen molar-refractivity contribution in [2.24, 2.45) is 0 Å². The van der Waals surface area contributed by atoms with Crippen LogP contribution >= 0.6 is 11.6 Å². The van der Waals surface area contributed by atoms with E-state index in [-0.39, 0.29) is 5.92 Å². The maximum absolute atomic E-state index is 6.35. The second kappa shape index (κ2) is 5.10. The Hall–Kier alpha value is -1.73. The number of aromatic nitrogens is 1. The molecule has 3 aromatic rings. The maximum atomic E-state index is 6.35.